The van der Waals surface area contributed by atoms with E-state index in [1.165, 1.54) is 33.5 Å². The van der Waals surface area contributed by atoms with Gasteiger partial charge in [0.25, 0.3) is 0 Å². The minimum atomic E-state index is -4.41. The third kappa shape index (κ3) is 6.72. The van der Waals surface area contributed by atoms with Crippen molar-refractivity contribution in [2.45, 2.75) is 19.1 Å². The zero-order chi connectivity index (χ0) is 31.3. The Morgan fingerprint density at radius 2 is 1.45 bits per heavy atom. The van der Waals surface area contributed by atoms with Gasteiger partial charge in [0.1, 0.15) is 5.75 Å². The number of alkyl halides is 3. The third-order valence-corrected chi connectivity index (χ3v) is 6.88. The first-order valence-electron chi connectivity index (χ1n) is 13.5. The molecule has 0 amide bonds. The molecule has 0 aliphatic heterocycles. The van der Waals surface area contributed by atoms with Crippen LogP contribution in [0.15, 0.2) is 67.0 Å². The number of anilines is 3. The van der Waals surface area contributed by atoms with Gasteiger partial charge >= 0.3 is 6.18 Å². The van der Waals surface area contributed by atoms with Crippen molar-refractivity contribution in [2.75, 3.05) is 45.6 Å². The van der Waals surface area contributed by atoms with Crippen LogP contribution in [0.25, 0.3) is 11.2 Å². The maximum absolute atomic E-state index is 13.1. The van der Waals surface area contributed by atoms with Gasteiger partial charge in [0, 0.05) is 24.4 Å². The van der Waals surface area contributed by atoms with Crippen LogP contribution in [0.2, 0.25) is 0 Å². The molecule has 5 rings (SSSR count). The van der Waals surface area contributed by atoms with Crippen molar-refractivity contribution in [1.29, 1.82) is 0 Å². The topological polar surface area (TPSA) is 105 Å². The van der Waals surface area contributed by atoms with Gasteiger partial charge in [-0.15, -0.1) is 0 Å². The molecule has 13 heteroatoms. The van der Waals surface area contributed by atoms with Crippen molar-refractivity contribution in [1.82, 2.24) is 19.5 Å². The molecule has 0 radical (unpaired) electrons. The molecular formula is C31H31F3N6O4. The minimum Gasteiger partial charge on any atom is -0.497 e. The number of benzene rings is 3. The Morgan fingerprint density at radius 1 is 0.795 bits per heavy atom. The molecule has 10 nitrogen and oxygen atoms in total. The summed E-state index contributed by atoms with van der Waals surface area (Å²) in [4.78, 5) is 14.0. The first-order chi connectivity index (χ1) is 21.2. The molecule has 3 aromatic carbocycles. The summed E-state index contributed by atoms with van der Waals surface area (Å²) in [7, 11) is 6.19. The lowest BCUT2D eigenvalue weighted by Gasteiger charge is -2.15. The second kappa shape index (κ2) is 13.0. The molecule has 0 fully saturated rings. The Kier molecular flexibility index (Phi) is 8.93. The number of methoxy groups -OCH3 is 4. The van der Waals surface area contributed by atoms with Crippen molar-refractivity contribution < 1.29 is 32.1 Å². The molecule has 2 heterocycles. The van der Waals surface area contributed by atoms with Crippen molar-refractivity contribution >= 4 is 28.6 Å². The van der Waals surface area contributed by atoms with E-state index < -0.39 is 11.7 Å². The highest BCUT2D eigenvalue weighted by atomic mass is 19.4. The number of rotatable bonds is 12. The van der Waals surface area contributed by atoms with Gasteiger partial charge in [0.15, 0.2) is 28.5 Å². The average Bonchev–Trinajstić information content (AvgIpc) is 3.43. The van der Waals surface area contributed by atoms with Crippen LogP contribution in [0.4, 0.5) is 30.6 Å². The van der Waals surface area contributed by atoms with E-state index in [1.807, 2.05) is 24.3 Å². The standard InChI is InChI=1S/C31H31F3N6O4/c1-41-23-11-7-19(8-12-23)13-14-35-28-26-29(40(18-36-26)17-20-5-9-21(10-6-20)31(32,33)34)39-30(38-28)37-22-15-24(42-2)27(44-4)25(16-22)43-3/h5-12,15-16,18H,13-14,17H2,1-4H3,(H2,35,37,38,39). The molecule has 2 aromatic heterocycles. The summed E-state index contributed by atoms with van der Waals surface area (Å²) in [5.74, 6) is 2.85. The van der Waals surface area contributed by atoms with Crippen LogP contribution >= 0.6 is 0 Å². The zero-order valence-electron chi connectivity index (χ0n) is 24.5. The Morgan fingerprint density at radius 3 is 2.05 bits per heavy atom. The molecule has 0 saturated heterocycles. The normalized spacial score (nSPS) is 11.3. The molecule has 0 aliphatic rings. The number of nitrogens with zero attached hydrogens (tertiary/aromatic N) is 4. The van der Waals surface area contributed by atoms with Gasteiger partial charge in [0.05, 0.1) is 46.9 Å². The highest BCUT2D eigenvalue weighted by Gasteiger charge is 2.30. The number of hydrogen-bond donors (Lipinski definition) is 2. The average molecular weight is 609 g/mol. The Bertz CT molecular complexity index is 1700. The molecule has 0 spiro atoms. The van der Waals surface area contributed by atoms with Crippen LogP contribution in [0.3, 0.4) is 0 Å². The van der Waals surface area contributed by atoms with E-state index in [1.54, 1.807) is 30.1 Å². The van der Waals surface area contributed by atoms with Gasteiger partial charge in [-0.3, -0.25) is 0 Å². The quantitative estimate of drug-likeness (QED) is 0.168. The van der Waals surface area contributed by atoms with Crippen molar-refractivity contribution in [3.8, 4) is 23.0 Å². The van der Waals surface area contributed by atoms with Gasteiger partial charge in [-0.05, 0) is 41.8 Å². The fourth-order valence-corrected chi connectivity index (χ4v) is 4.63. The lowest BCUT2D eigenvalue weighted by Crippen LogP contribution is -2.10. The highest BCUT2D eigenvalue weighted by Crippen LogP contribution is 2.40. The molecular weight excluding hydrogens is 577 g/mol. The zero-order valence-corrected chi connectivity index (χ0v) is 24.5. The van der Waals surface area contributed by atoms with Crippen LogP contribution in [-0.2, 0) is 19.1 Å². The fourth-order valence-electron chi connectivity index (χ4n) is 4.63. The van der Waals surface area contributed by atoms with E-state index in [0.29, 0.717) is 58.4 Å². The Hall–Kier alpha value is -5.20. The van der Waals surface area contributed by atoms with Crippen molar-refractivity contribution in [3.05, 3.63) is 83.7 Å². The van der Waals surface area contributed by atoms with Crippen LogP contribution in [0, 0.1) is 0 Å². The lowest BCUT2D eigenvalue weighted by atomic mass is 10.1. The molecule has 0 saturated carbocycles. The van der Waals surface area contributed by atoms with Gasteiger partial charge in [-0.25, -0.2) is 4.98 Å². The van der Waals surface area contributed by atoms with E-state index in [4.69, 9.17) is 28.9 Å². The summed E-state index contributed by atoms with van der Waals surface area (Å²) in [6.45, 7) is 0.800. The Labute approximate surface area is 251 Å². The summed E-state index contributed by atoms with van der Waals surface area (Å²) in [6, 6.07) is 16.3. The number of hydrogen-bond acceptors (Lipinski definition) is 9. The number of aromatic nitrogens is 4. The van der Waals surface area contributed by atoms with E-state index in [2.05, 4.69) is 15.6 Å². The molecule has 230 valence electrons. The van der Waals surface area contributed by atoms with E-state index in [9.17, 15) is 13.2 Å². The summed E-state index contributed by atoms with van der Waals surface area (Å²) in [6.07, 6.45) is -2.11. The number of halogens is 3. The summed E-state index contributed by atoms with van der Waals surface area (Å²) in [5.41, 5.74) is 2.64. The largest absolute Gasteiger partial charge is 0.497 e. The molecule has 0 atom stereocenters. The SMILES string of the molecule is COc1ccc(CCNc2nc(Nc3cc(OC)c(OC)c(OC)c3)nc3c2ncn3Cc2ccc(C(F)(F)F)cc2)cc1. The Balaban J connectivity index is 1.47. The summed E-state index contributed by atoms with van der Waals surface area (Å²) >= 11 is 0. The van der Waals surface area contributed by atoms with Gasteiger partial charge in [-0.1, -0.05) is 24.3 Å². The number of ether oxygens (including phenoxy) is 4. The van der Waals surface area contributed by atoms with Gasteiger partial charge in [0.2, 0.25) is 11.7 Å². The van der Waals surface area contributed by atoms with E-state index in [0.717, 1.165) is 23.4 Å². The van der Waals surface area contributed by atoms with Crippen LogP contribution < -0.4 is 29.6 Å². The second-order valence-electron chi connectivity index (χ2n) is 9.70. The maximum Gasteiger partial charge on any atom is 0.416 e. The van der Waals surface area contributed by atoms with Gasteiger partial charge in [-0.2, -0.15) is 23.1 Å². The molecule has 5 aromatic rings. The van der Waals surface area contributed by atoms with Crippen molar-refractivity contribution in [3.63, 3.8) is 0 Å². The maximum atomic E-state index is 13.1. The van der Waals surface area contributed by atoms with Crippen LogP contribution in [-0.4, -0.2) is 54.5 Å². The van der Waals surface area contributed by atoms with E-state index in [-0.39, 0.29) is 12.5 Å². The molecule has 0 bridgehead atoms. The fraction of sp³-hybridized carbons (Fsp3) is 0.258. The lowest BCUT2D eigenvalue weighted by molar-refractivity contribution is -0.137. The molecule has 44 heavy (non-hydrogen) atoms. The third-order valence-electron chi connectivity index (χ3n) is 6.88. The minimum absolute atomic E-state index is 0.251. The smallest absolute Gasteiger partial charge is 0.416 e. The van der Waals surface area contributed by atoms with Crippen LogP contribution in [0.5, 0.6) is 23.0 Å². The summed E-state index contributed by atoms with van der Waals surface area (Å²) in [5, 5.41) is 6.57. The number of nitrogens with one attached hydrogen (secondary N) is 2. The first kappa shape index (κ1) is 30.3. The first-order valence-corrected chi connectivity index (χ1v) is 13.5. The molecule has 0 unspecified atom stereocenters. The monoisotopic (exact) mass is 608 g/mol. The summed E-state index contributed by atoms with van der Waals surface area (Å²) < 4.78 is 62.6. The number of imidazole rings is 1. The van der Waals surface area contributed by atoms with Crippen LogP contribution in [0.1, 0.15) is 16.7 Å². The predicted molar refractivity (Wildman–Crippen MR) is 160 cm³/mol. The van der Waals surface area contributed by atoms with Gasteiger partial charge < -0.3 is 34.1 Å². The predicted octanol–water partition coefficient (Wildman–Crippen LogP) is 6.33. The van der Waals surface area contributed by atoms with Crippen molar-refractivity contribution in [2.24, 2.45) is 0 Å². The molecule has 2 N–H and O–H groups in total. The second-order valence-corrected chi connectivity index (χ2v) is 9.70. The molecule has 0 aliphatic carbocycles. The van der Waals surface area contributed by atoms with E-state index >= 15 is 0 Å². The highest BCUT2D eigenvalue weighted by molar-refractivity contribution is 5.85. The number of fused-ring (bicyclic) bond motifs is 1.